The van der Waals surface area contributed by atoms with E-state index in [4.69, 9.17) is 49.1 Å². The number of aromatic nitrogens is 4. The molecule has 3 N–H and O–H groups in total. The van der Waals surface area contributed by atoms with Crippen LogP contribution in [-0.2, 0) is 27.7 Å². The van der Waals surface area contributed by atoms with E-state index < -0.39 is 24.8 Å². The highest BCUT2D eigenvalue weighted by atomic mass is 31.1. The Balaban J connectivity index is 1.13. The average molecular weight is 875 g/mol. The smallest absolute Gasteiger partial charge is 0.329 e. The molecule has 61 heavy (non-hydrogen) atoms. The number of fused-ring (bicyclic) bond motifs is 6. The zero-order chi connectivity index (χ0) is 42.0. The lowest BCUT2D eigenvalue weighted by Crippen LogP contribution is -1.95. The molecule has 0 aliphatic carbocycles. The molecule has 0 radical (unpaired) electrons. The van der Waals surface area contributed by atoms with Crippen LogP contribution in [-0.4, -0.2) is 34.6 Å². The van der Waals surface area contributed by atoms with Crippen molar-refractivity contribution in [3.05, 3.63) is 140 Å². The lowest BCUT2D eigenvalue weighted by Gasteiger charge is -2.12. The van der Waals surface area contributed by atoms with Gasteiger partial charge in [0.25, 0.3) is 0 Å². The van der Waals surface area contributed by atoms with E-state index in [9.17, 15) is 18.6 Å². The van der Waals surface area contributed by atoms with Crippen LogP contribution >= 0.6 is 24.8 Å². The summed E-state index contributed by atoms with van der Waals surface area (Å²) in [4.78, 5) is 62.8. The van der Waals surface area contributed by atoms with Crippen molar-refractivity contribution in [1.82, 2.24) is 19.9 Å². The maximum atomic E-state index is 11.6. The van der Waals surface area contributed by atoms with Crippen molar-refractivity contribution in [2.45, 2.75) is 0 Å². The van der Waals surface area contributed by atoms with Crippen LogP contribution in [0.2, 0.25) is 0 Å². The van der Waals surface area contributed by atoms with Gasteiger partial charge in [0, 0.05) is 43.8 Å². The molecule has 0 saturated heterocycles. The lowest BCUT2D eigenvalue weighted by atomic mass is 10.0. The van der Waals surface area contributed by atoms with Crippen molar-refractivity contribution in [2.75, 3.05) is 0 Å². The van der Waals surface area contributed by atoms with E-state index in [2.05, 4.69) is 9.35 Å². The Labute approximate surface area is 346 Å². The Morgan fingerprint density at radius 3 is 0.984 bits per heavy atom. The summed E-state index contributed by atoms with van der Waals surface area (Å²) < 4.78 is 47.2. The summed E-state index contributed by atoms with van der Waals surface area (Å²) in [6.07, 6.45) is 0. The van der Waals surface area contributed by atoms with Crippen LogP contribution in [0, 0.1) is 0 Å². The van der Waals surface area contributed by atoms with Crippen LogP contribution in [0.4, 0.5) is 0 Å². The van der Waals surface area contributed by atoms with E-state index in [0.717, 1.165) is 21.5 Å². The van der Waals surface area contributed by atoms with Crippen molar-refractivity contribution >= 4 is 68.4 Å². The third-order valence-corrected chi connectivity index (χ3v) is 10.1. The molecule has 5 aromatic carbocycles. The molecule has 304 valence electrons. The van der Waals surface area contributed by atoms with E-state index in [1.807, 2.05) is 91.0 Å². The fourth-order valence-corrected chi connectivity index (χ4v) is 7.29. The highest BCUT2D eigenvalue weighted by molar-refractivity contribution is 7.32. The first-order valence-electron chi connectivity index (χ1n) is 18.1. The van der Waals surface area contributed by atoms with Gasteiger partial charge in [0.05, 0.1) is 44.8 Å². The van der Waals surface area contributed by atoms with E-state index in [1.54, 1.807) is 48.5 Å². The zero-order valence-electron chi connectivity index (χ0n) is 31.1. The monoisotopic (exact) mass is 874 g/mol. The molecule has 0 aliphatic rings. The molecule has 0 aliphatic heterocycles. The average Bonchev–Trinajstić information content (AvgIpc) is 3.28. The van der Waals surface area contributed by atoms with Gasteiger partial charge in [-0.3, -0.25) is 13.7 Å². The van der Waals surface area contributed by atoms with Crippen LogP contribution in [0.3, 0.4) is 0 Å². The number of rotatable bonds is 13. The first-order valence-corrected chi connectivity index (χ1v) is 21.9. The van der Waals surface area contributed by atoms with Gasteiger partial charge in [0.1, 0.15) is 0 Å². The SMILES string of the molecule is O=[PH](O)OOc1cccc(-c2ccc3ccc4ccc(-c5cc(OO[PH](=O)O)cc(-c6ccc7ccc8ccc(-c9cccc(OO[PH](=O)O)c9)nc8c7n6)c5)nc4c3n2)c1. The molecule has 3 atom stereocenters. The van der Waals surface area contributed by atoms with E-state index in [-0.39, 0.29) is 17.2 Å². The largest absolute Gasteiger partial charge is 0.355 e. The second-order valence-corrected chi connectivity index (χ2v) is 15.4. The summed E-state index contributed by atoms with van der Waals surface area (Å²) in [6.45, 7) is 0. The minimum Gasteiger partial charge on any atom is -0.329 e. The van der Waals surface area contributed by atoms with Gasteiger partial charge in [0.2, 0.25) is 0 Å². The molecule has 0 bridgehead atoms. The van der Waals surface area contributed by atoms with E-state index >= 15 is 0 Å². The van der Waals surface area contributed by atoms with Crippen molar-refractivity contribution in [1.29, 1.82) is 0 Å². The normalized spacial score (nSPS) is 13.0. The third kappa shape index (κ3) is 8.90. The van der Waals surface area contributed by atoms with Crippen molar-refractivity contribution in [3.8, 4) is 62.3 Å². The van der Waals surface area contributed by atoms with Gasteiger partial charge >= 0.3 is 24.8 Å². The highest BCUT2D eigenvalue weighted by Crippen LogP contribution is 2.36. The molecule has 3 unspecified atom stereocenters. The second-order valence-electron chi connectivity index (χ2n) is 13.3. The van der Waals surface area contributed by atoms with Gasteiger partial charge in [0.15, 0.2) is 17.2 Å². The Hall–Kier alpha value is -6.41. The minimum atomic E-state index is -3.46. The summed E-state index contributed by atoms with van der Waals surface area (Å²) in [5.74, 6) is 0.562. The van der Waals surface area contributed by atoms with Crippen molar-refractivity contribution in [2.24, 2.45) is 0 Å². The molecule has 4 heterocycles. The molecule has 0 saturated carbocycles. The third-order valence-electron chi connectivity index (χ3n) is 9.42. The number of benzene rings is 5. The molecular formula is C42H29N4O12P3. The number of hydrogen-bond acceptors (Lipinski definition) is 13. The van der Waals surface area contributed by atoms with Gasteiger partial charge in [-0.1, -0.05) is 72.8 Å². The Morgan fingerprint density at radius 2 is 0.639 bits per heavy atom. The molecule has 4 aromatic heterocycles. The summed E-state index contributed by atoms with van der Waals surface area (Å²) in [5.41, 5.74) is 7.16. The minimum absolute atomic E-state index is 0.121. The summed E-state index contributed by atoms with van der Waals surface area (Å²) in [7, 11) is -10.1. The summed E-state index contributed by atoms with van der Waals surface area (Å²) in [6, 6.07) is 41.4. The summed E-state index contributed by atoms with van der Waals surface area (Å²) in [5, 5.41) is 3.29. The topological polar surface area (TPSA) is 219 Å². The predicted octanol–water partition coefficient (Wildman–Crippen LogP) is 9.62. The van der Waals surface area contributed by atoms with E-state index in [1.165, 1.54) is 0 Å². The fraction of sp³-hybridized carbons (Fsp3) is 0. The van der Waals surface area contributed by atoms with Gasteiger partial charge in [-0.2, -0.15) is 0 Å². The van der Waals surface area contributed by atoms with Crippen molar-refractivity contribution in [3.63, 3.8) is 0 Å². The molecule has 9 rings (SSSR count). The maximum Gasteiger partial charge on any atom is 0.355 e. The summed E-state index contributed by atoms with van der Waals surface area (Å²) >= 11 is 0. The molecule has 9 aromatic rings. The first kappa shape index (κ1) is 40.0. The number of hydrogen-bond donors (Lipinski definition) is 3. The van der Waals surface area contributed by atoms with Gasteiger partial charge in [-0.25, -0.2) is 19.9 Å². The van der Waals surface area contributed by atoms with Crippen LogP contribution in [0.5, 0.6) is 17.2 Å². The van der Waals surface area contributed by atoms with Crippen molar-refractivity contribution < 1.29 is 57.1 Å². The zero-order valence-corrected chi connectivity index (χ0v) is 34.1. The standard InChI is InChI=1S/C42H29N4O12P3/c47-59(48)56-53-32-5-1-3-28(20-32)35-15-11-24-7-9-26-13-17-37(45-41(26)39(24)43-35)30-19-31(23-34(22-30)55-58-61(51)52)38-18-14-27-10-8-25-12-16-36(44-40(25)42(27)46-38)29-4-2-6-33(21-29)54-57-60(49)50/h1-23,59-61H,(H,47,48)(H,49,50)(H,51,52). The first-order chi connectivity index (χ1) is 29.6. The molecule has 0 amide bonds. The Morgan fingerprint density at radius 1 is 0.344 bits per heavy atom. The Kier molecular flexibility index (Phi) is 11.3. The molecule has 0 fully saturated rings. The van der Waals surface area contributed by atoms with Gasteiger partial charge in [-0.05, 0) is 66.7 Å². The van der Waals surface area contributed by atoms with Crippen LogP contribution < -0.4 is 14.7 Å². The lowest BCUT2D eigenvalue weighted by molar-refractivity contribution is -0.101. The Bertz CT molecular complexity index is 3050. The fourth-order valence-electron chi connectivity index (χ4n) is 6.79. The maximum absolute atomic E-state index is 11.6. The van der Waals surface area contributed by atoms with Crippen LogP contribution in [0.1, 0.15) is 0 Å². The quantitative estimate of drug-likeness (QED) is 0.0425. The molecule has 16 nitrogen and oxygen atoms in total. The van der Waals surface area contributed by atoms with Gasteiger partial charge < -0.3 is 29.3 Å². The number of nitrogens with zero attached hydrogens (tertiary/aromatic N) is 4. The highest BCUT2D eigenvalue weighted by Gasteiger charge is 2.15. The van der Waals surface area contributed by atoms with Crippen LogP contribution in [0.15, 0.2) is 140 Å². The predicted molar refractivity (Wildman–Crippen MR) is 228 cm³/mol. The van der Waals surface area contributed by atoms with E-state index in [0.29, 0.717) is 67.1 Å². The number of pyridine rings is 4. The van der Waals surface area contributed by atoms with Gasteiger partial charge in [-0.15, -0.1) is 14.0 Å². The second kappa shape index (κ2) is 17.3. The van der Waals surface area contributed by atoms with Crippen LogP contribution in [0.25, 0.3) is 88.6 Å². The molecule has 0 spiro atoms. The molecular weight excluding hydrogens is 845 g/mol. The molecule has 19 heteroatoms.